The van der Waals surface area contributed by atoms with Crippen molar-refractivity contribution >= 4 is 15.7 Å². The topological polar surface area (TPSA) is 72.5 Å². The van der Waals surface area contributed by atoms with E-state index in [2.05, 4.69) is 5.32 Å². The van der Waals surface area contributed by atoms with Crippen molar-refractivity contribution in [2.45, 2.75) is 18.7 Å². The summed E-state index contributed by atoms with van der Waals surface area (Å²) in [6, 6.07) is 16.7. The van der Waals surface area contributed by atoms with Crippen LogP contribution in [0, 0.1) is 0 Å². The quantitative estimate of drug-likeness (QED) is 0.882. The van der Waals surface area contributed by atoms with Crippen LogP contribution in [0.3, 0.4) is 0 Å². The fourth-order valence-electron chi connectivity index (χ4n) is 1.83. The van der Waals surface area contributed by atoms with Gasteiger partial charge in [0.15, 0.2) is 9.84 Å². The number of carbonyl (C=O) groups excluding carboxylic acids is 1. The third-order valence-electron chi connectivity index (χ3n) is 3.38. The maximum Gasteiger partial charge on any atom is 0.238 e. The van der Waals surface area contributed by atoms with Gasteiger partial charge in [-0.05, 0) is 36.8 Å². The van der Waals surface area contributed by atoms with E-state index < -0.39 is 21.0 Å². The highest BCUT2D eigenvalue weighted by atomic mass is 32.2. The normalized spacial score (nSPS) is 12.4. The number of ether oxygens (including phenoxy) is 1. The number of amides is 1. The second kappa shape index (κ2) is 7.28. The summed E-state index contributed by atoms with van der Waals surface area (Å²) < 4.78 is 28.3. The smallest absolute Gasteiger partial charge is 0.238 e. The highest BCUT2D eigenvalue weighted by molar-refractivity contribution is 7.92. The predicted octanol–water partition coefficient (Wildman–Crippen LogP) is 2.53. The first kappa shape index (κ1) is 17.0. The van der Waals surface area contributed by atoms with Crippen LogP contribution in [0.5, 0.6) is 11.5 Å². The van der Waals surface area contributed by atoms with E-state index in [0.29, 0.717) is 5.75 Å². The Bertz CT molecular complexity index is 755. The molecule has 23 heavy (non-hydrogen) atoms. The molecule has 0 saturated carbocycles. The lowest BCUT2D eigenvalue weighted by molar-refractivity contribution is -0.120. The van der Waals surface area contributed by atoms with Gasteiger partial charge >= 0.3 is 0 Å². The van der Waals surface area contributed by atoms with Crippen LogP contribution < -0.4 is 10.1 Å². The molecule has 2 aromatic carbocycles. The summed E-state index contributed by atoms with van der Waals surface area (Å²) >= 11 is 0. The molecule has 5 nitrogen and oxygen atoms in total. The Hall–Kier alpha value is -2.34. The predicted molar refractivity (Wildman–Crippen MR) is 89.1 cm³/mol. The van der Waals surface area contributed by atoms with E-state index in [-0.39, 0.29) is 6.54 Å². The molecule has 0 aromatic heterocycles. The minimum absolute atomic E-state index is 0.268. The number of hydrogen-bond donors (Lipinski definition) is 1. The zero-order chi connectivity index (χ0) is 16.9. The summed E-state index contributed by atoms with van der Waals surface area (Å²) in [5.41, 5.74) is 0.861. The van der Waals surface area contributed by atoms with Crippen LogP contribution in [0.4, 0.5) is 0 Å². The van der Waals surface area contributed by atoms with Crippen molar-refractivity contribution in [3.63, 3.8) is 0 Å². The van der Waals surface area contributed by atoms with Crippen LogP contribution in [0.15, 0.2) is 54.6 Å². The summed E-state index contributed by atoms with van der Waals surface area (Å²) in [4.78, 5) is 11.8. The van der Waals surface area contributed by atoms with Crippen molar-refractivity contribution in [3.05, 3.63) is 60.2 Å². The van der Waals surface area contributed by atoms with Crippen molar-refractivity contribution in [3.8, 4) is 11.5 Å². The van der Waals surface area contributed by atoms with Crippen LogP contribution in [-0.2, 0) is 21.2 Å². The van der Waals surface area contributed by atoms with Gasteiger partial charge < -0.3 is 10.1 Å². The number of para-hydroxylation sites is 1. The molecule has 1 unspecified atom stereocenters. The van der Waals surface area contributed by atoms with Crippen LogP contribution >= 0.6 is 0 Å². The lowest BCUT2D eigenvalue weighted by atomic mass is 10.2. The fourth-order valence-corrected chi connectivity index (χ4v) is 2.30. The third-order valence-corrected chi connectivity index (χ3v) is 4.88. The van der Waals surface area contributed by atoms with Crippen LogP contribution in [0.1, 0.15) is 12.5 Å². The first-order valence-electron chi connectivity index (χ1n) is 7.14. The van der Waals surface area contributed by atoms with Crippen molar-refractivity contribution in [2.75, 3.05) is 6.26 Å². The Kier molecular flexibility index (Phi) is 5.39. The van der Waals surface area contributed by atoms with Gasteiger partial charge in [0, 0.05) is 12.8 Å². The Morgan fingerprint density at radius 2 is 1.61 bits per heavy atom. The van der Waals surface area contributed by atoms with Crippen LogP contribution in [0.25, 0.3) is 0 Å². The first-order chi connectivity index (χ1) is 10.9. The van der Waals surface area contributed by atoms with Crippen molar-refractivity contribution in [2.24, 2.45) is 0 Å². The van der Waals surface area contributed by atoms with Crippen LogP contribution in [-0.4, -0.2) is 25.8 Å². The Labute approximate surface area is 136 Å². The Balaban J connectivity index is 1.92. The summed E-state index contributed by atoms with van der Waals surface area (Å²) in [5, 5.41) is 1.56. The van der Waals surface area contributed by atoms with Gasteiger partial charge in [-0.25, -0.2) is 8.42 Å². The van der Waals surface area contributed by atoms with Gasteiger partial charge in [0.1, 0.15) is 16.7 Å². The summed E-state index contributed by atoms with van der Waals surface area (Å²) in [6.07, 6.45) is 1.05. The van der Waals surface area contributed by atoms with Gasteiger partial charge in [-0.1, -0.05) is 30.3 Å². The second-order valence-corrected chi connectivity index (χ2v) is 7.61. The summed E-state index contributed by atoms with van der Waals surface area (Å²) in [5.74, 6) is 0.934. The second-order valence-electron chi connectivity index (χ2n) is 5.25. The zero-order valence-electron chi connectivity index (χ0n) is 13.0. The van der Waals surface area contributed by atoms with Gasteiger partial charge in [-0.2, -0.15) is 0 Å². The largest absolute Gasteiger partial charge is 0.457 e. The molecule has 1 amide bonds. The number of benzene rings is 2. The van der Waals surface area contributed by atoms with E-state index in [1.807, 2.05) is 42.5 Å². The van der Waals surface area contributed by atoms with E-state index in [0.717, 1.165) is 17.6 Å². The minimum Gasteiger partial charge on any atom is -0.457 e. The lowest BCUT2D eigenvalue weighted by Crippen LogP contribution is -2.36. The molecule has 0 bridgehead atoms. The maximum atomic E-state index is 11.8. The van der Waals surface area contributed by atoms with E-state index in [1.165, 1.54) is 6.92 Å². The molecular formula is C17H19NO4S. The zero-order valence-corrected chi connectivity index (χ0v) is 13.8. The van der Waals surface area contributed by atoms with Crippen molar-refractivity contribution in [1.82, 2.24) is 5.32 Å². The van der Waals surface area contributed by atoms with Crippen molar-refractivity contribution in [1.29, 1.82) is 0 Å². The molecule has 0 aliphatic heterocycles. The number of nitrogens with one attached hydrogen (secondary N) is 1. The highest BCUT2D eigenvalue weighted by Crippen LogP contribution is 2.21. The highest BCUT2D eigenvalue weighted by Gasteiger charge is 2.22. The van der Waals surface area contributed by atoms with Gasteiger partial charge in [0.25, 0.3) is 0 Å². The molecule has 0 fully saturated rings. The summed E-state index contributed by atoms with van der Waals surface area (Å²) in [6.45, 7) is 1.64. The molecule has 6 heteroatoms. The molecule has 0 spiro atoms. The lowest BCUT2D eigenvalue weighted by Gasteiger charge is -2.11. The van der Waals surface area contributed by atoms with Gasteiger partial charge in [0.2, 0.25) is 5.91 Å². The van der Waals surface area contributed by atoms with Gasteiger partial charge in [-0.15, -0.1) is 0 Å². The average Bonchev–Trinajstić information content (AvgIpc) is 2.53. The first-order valence-corrected chi connectivity index (χ1v) is 9.10. The molecule has 2 rings (SSSR count). The summed E-state index contributed by atoms with van der Waals surface area (Å²) in [7, 11) is -3.38. The fraction of sp³-hybridized carbons (Fsp3) is 0.235. The maximum absolute atomic E-state index is 11.8. The van der Waals surface area contributed by atoms with E-state index in [1.54, 1.807) is 12.1 Å². The van der Waals surface area contributed by atoms with E-state index in [4.69, 9.17) is 4.74 Å². The average molecular weight is 333 g/mol. The third kappa shape index (κ3) is 5.10. The van der Waals surface area contributed by atoms with Crippen LogP contribution in [0.2, 0.25) is 0 Å². The standard InChI is InChI=1S/C17H19NO4S/c1-13(23(2,20)21)17(19)18-12-14-8-10-16(11-9-14)22-15-6-4-3-5-7-15/h3-11,13H,12H2,1-2H3,(H,18,19). The van der Waals surface area contributed by atoms with E-state index in [9.17, 15) is 13.2 Å². The molecule has 2 aromatic rings. The molecule has 1 atom stereocenters. The van der Waals surface area contributed by atoms with Gasteiger partial charge in [0.05, 0.1) is 0 Å². The molecule has 0 saturated heterocycles. The number of hydrogen-bond acceptors (Lipinski definition) is 4. The monoisotopic (exact) mass is 333 g/mol. The molecule has 0 aliphatic carbocycles. The SMILES string of the molecule is CC(C(=O)NCc1ccc(Oc2ccccc2)cc1)S(C)(=O)=O. The molecule has 1 N–H and O–H groups in total. The molecular weight excluding hydrogens is 314 g/mol. The van der Waals surface area contributed by atoms with Crippen molar-refractivity contribution < 1.29 is 17.9 Å². The Morgan fingerprint density at radius 3 is 2.17 bits per heavy atom. The number of sulfone groups is 1. The molecule has 0 aliphatic rings. The number of carbonyl (C=O) groups is 1. The molecule has 122 valence electrons. The van der Waals surface area contributed by atoms with E-state index >= 15 is 0 Å². The molecule has 0 radical (unpaired) electrons. The molecule has 0 heterocycles. The number of rotatable bonds is 6. The van der Waals surface area contributed by atoms with Gasteiger partial charge in [-0.3, -0.25) is 4.79 Å². The minimum atomic E-state index is -3.38. The Morgan fingerprint density at radius 1 is 1.04 bits per heavy atom.